The number of benzene rings is 1. The molecule has 0 spiro atoms. The molecule has 0 amide bonds. The molecule has 1 saturated heterocycles. The summed E-state index contributed by atoms with van der Waals surface area (Å²) in [4.78, 5) is 26.6. The molecule has 164 valence electrons. The van der Waals surface area contributed by atoms with Gasteiger partial charge in [-0.1, -0.05) is 6.07 Å². The zero-order chi connectivity index (χ0) is 22.0. The molecule has 0 bridgehead atoms. The Hall–Kier alpha value is -3.13. The molecule has 32 heavy (non-hydrogen) atoms. The van der Waals surface area contributed by atoms with Crippen molar-refractivity contribution in [3.05, 3.63) is 64.3 Å². The zero-order valence-electron chi connectivity index (χ0n) is 17.7. The molecule has 1 aliphatic heterocycles. The summed E-state index contributed by atoms with van der Waals surface area (Å²) >= 11 is 0. The predicted molar refractivity (Wildman–Crippen MR) is 118 cm³/mol. The second-order valence-corrected chi connectivity index (χ2v) is 9.07. The highest BCUT2D eigenvalue weighted by Crippen LogP contribution is 2.39. The van der Waals surface area contributed by atoms with E-state index in [1.165, 1.54) is 18.9 Å². The van der Waals surface area contributed by atoms with Crippen molar-refractivity contribution in [3.63, 3.8) is 0 Å². The number of aryl methyl sites for hydroxylation is 1. The molecule has 2 aliphatic rings. The van der Waals surface area contributed by atoms with Gasteiger partial charge in [-0.2, -0.15) is 0 Å². The molecule has 2 fully saturated rings. The van der Waals surface area contributed by atoms with Gasteiger partial charge in [-0.25, -0.2) is 18.7 Å². The highest BCUT2D eigenvalue weighted by atomic mass is 19.1. The Morgan fingerprint density at radius 2 is 1.88 bits per heavy atom. The summed E-state index contributed by atoms with van der Waals surface area (Å²) in [5.41, 5.74) is 0.713. The highest BCUT2D eigenvalue weighted by Gasteiger charge is 2.42. The number of piperidine rings is 1. The summed E-state index contributed by atoms with van der Waals surface area (Å²) < 4.78 is 31.8. The van der Waals surface area contributed by atoms with E-state index in [-0.39, 0.29) is 17.0 Å². The molecule has 8 heteroatoms. The molecule has 6 rings (SSSR count). The van der Waals surface area contributed by atoms with Crippen molar-refractivity contribution in [2.45, 2.75) is 44.3 Å². The fraction of sp³-hybridized carbons (Fsp3) is 0.375. The SMILES string of the molecule is Cc1cn2cc(-c3ccc4nc(C5(F)CCN(C6CC6)CC5)[nH]c(=O)c4c3)cc(F)c2n1. The van der Waals surface area contributed by atoms with Gasteiger partial charge in [0.25, 0.3) is 5.56 Å². The van der Waals surface area contributed by atoms with Crippen molar-refractivity contribution in [2.75, 3.05) is 13.1 Å². The molecule has 0 radical (unpaired) electrons. The van der Waals surface area contributed by atoms with Gasteiger partial charge in [-0.3, -0.25) is 4.79 Å². The van der Waals surface area contributed by atoms with Gasteiger partial charge in [0.15, 0.2) is 17.1 Å². The van der Waals surface area contributed by atoms with Crippen LogP contribution in [0.3, 0.4) is 0 Å². The molecule has 6 nitrogen and oxygen atoms in total. The Labute approximate surface area is 182 Å². The number of imidazole rings is 1. The van der Waals surface area contributed by atoms with E-state index in [1.807, 2.05) is 0 Å². The van der Waals surface area contributed by atoms with Crippen LogP contribution in [0.25, 0.3) is 27.7 Å². The summed E-state index contributed by atoms with van der Waals surface area (Å²) in [5, 5.41) is 0.354. The van der Waals surface area contributed by atoms with E-state index < -0.39 is 11.5 Å². The first-order valence-electron chi connectivity index (χ1n) is 11.0. The van der Waals surface area contributed by atoms with Gasteiger partial charge in [0.2, 0.25) is 0 Å². The Bertz CT molecular complexity index is 1410. The lowest BCUT2D eigenvalue weighted by Gasteiger charge is -2.35. The summed E-state index contributed by atoms with van der Waals surface area (Å²) in [6.07, 6.45) is 6.59. The first kappa shape index (κ1) is 19.5. The van der Waals surface area contributed by atoms with E-state index >= 15 is 4.39 Å². The number of fused-ring (bicyclic) bond motifs is 2. The number of alkyl halides is 1. The molecule has 1 aromatic carbocycles. The minimum atomic E-state index is -1.62. The van der Waals surface area contributed by atoms with Gasteiger partial charge in [0, 0.05) is 49.9 Å². The minimum Gasteiger partial charge on any atom is -0.307 e. The van der Waals surface area contributed by atoms with Crippen LogP contribution in [0.4, 0.5) is 8.78 Å². The monoisotopic (exact) mass is 435 g/mol. The van der Waals surface area contributed by atoms with Gasteiger partial charge < -0.3 is 14.3 Å². The van der Waals surface area contributed by atoms with E-state index in [2.05, 4.69) is 19.9 Å². The number of hydrogen-bond acceptors (Lipinski definition) is 4. The Morgan fingerprint density at radius 1 is 1.09 bits per heavy atom. The maximum absolute atomic E-state index is 15.7. The molecular weight excluding hydrogens is 412 g/mol. The molecule has 3 aromatic heterocycles. The third-order valence-corrected chi connectivity index (χ3v) is 6.74. The maximum atomic E-state index is 15.7. The van der Waals surface area contributed by atoms with Gasteiger partial charge in [-0.15, -0.1) is 0 Å². The number of rotatable bonds is 3. The van der Waals surface area contributed by atoms with Gasteiger partial charge in [0.05, 0.1) is 16.6 Å². The van der Waals surface area contributed by atoms with Crippen LogP contribution >= 0.6 is 0 Å². The van der Waals surface area contributed by atoms with Crippen LogP contribution in [0.1, 0.15) is 37.2 Å². The van der Waals surface area contributed by atoms with E-state index in [0.29, 0.717) is 54.0 Å². The number of halogens is 2. The fourth-order valence-corrected chi connectivity index (χ4v) is 4.79. The van der Waals surface area contributed by atoms with Crippen LogP contribution in [-0.4, -0.2) is 43.4 Å². The van der Waals surface area contributed by atoms with Crippen molar-refractivity contribution in [1.29, 1.82) is 0 Å². The number of hydrogen-bond donors (Lipinski definition) is 1. The Morgan fingerprint density at radius 3 is 2.62 bits per heavy atom. The third-order valence-electron chi connectivity index (χ3n) is 6.74. The van der Waals surface area contributed by atoms with Gasteiger partial charge >= 0.3 is 0 Å². The van der Waals surface area contributed by atoms with Crippen LogP contribution in [-0.2, 0) is 5.67 Å². The summed E-state index contributed by atoms with van der Waals surface area (Å²) in [5.74, 6) is -0.324. The number of pyridine rings is 1. The molecule has 1 saturated carbocycles. The van der Waals surface area contributed by atoms with E-state index in [4.69, 9.17) is 0 Å². The van der Waals surface area contributed by atoms with Crippen LogP contribution in [0.15, 0.2) is 41.5 Å². The second-order valence-electron chi connectivity index (χ2n) is 9.07. The maximum Gasteiger partial charge on any atom is 0.258 e. The molecule has 4 aromatic rings. The van der Waals surface area contributed by atoms with E-state index in [1.54, 1.807) is 41.9 Å². The smallest absolute Gasteiger partial charge is 0.258 e. The number of H-pyrrole nitrogens is 1. The summed E-state index contributed by atoms with van der Waals surface area (Å²) in [6.45, 7) is 3.17. The Kier molecular flexibility index (Phi) is 4.24. The number of aromatic nitrogens is 4. The molecule has 0 unspecified atom stereocenters. The van der Waals surface area contributed by atoms with E-state index in [9.17, 15) is 9.18 Å². The van der Waals surface area contributed by atoms with Crippen molar-refractivity contribution >= 4 is 16.6 Å². The first-order valence-corrected chi connectivity index (χ1v) is 11.0. The predicted octanol–water partition coefficient (Wildman–Crippen LogP) is 4.11. The first-order chi connectivity index (χ1) is 15.4. The normalized spacial score (nSPS) is 19.1. The minimum absolute atomic E-state index is 0.111. The van der Waals surface area contributed by atoms with Crippen LogP contribution in [0, 0.1) is 12.7 Å². The lowest BCUT2D eigenvalue weighted by molar-refractivity contribution is 0.0451. The fourth-order valence-electron chi connectivity index (χ4n) is 4.79. The molecular formula is C24H23F2N5O. The number of likely N-dealkylation sites (tertiary alicyclic amines) is 1. The standard InChI is InChI=1S/C24H23F2N5O/c1-14-12-31-13-16(11-19(25)21(31)27-14)15-2-5-20-18(10-15)22(32)29-23(28-20)24(26)6-8-30(9-7-24)17-3-4-17/h2,5,10-13,17H,3-4,6-9H2,1H3,(H,28,29,32). The number of nitrogens with one attached hydrogen (secondary N) is 1. The lowest BCUT2D eigenvalue weighted by Crippen LogP contribution is -2.42. The lowest BCUT2D eigenvalue weighted by atomic mass is 9.92. The zero-order valence-corrected chi connectivity index (χ0v) is 17.7. The van der Waals surface area contributed by atoms with Gasteiger partial charge in [0.1, 0.15) is 5.82 Å². The third kappa shape index (κ3) is 3.21. The topological polar surface area (TPSA) is 66.3 Å². The quantitative estimate of drug-likeness (QED) is 0.526. The van der Waals surface area contributed by atoms with Crippen LogP contribution < -0.4 is 5.56 Å². The van der Waals surface area contributed by atoms with Crippen LogP contribution in [0.2, 0.25) is 0 Å². The highest BCUT2D eigenvalue weighted by molar-refractivity contribution is 5.84. The molecule has 0 atom stereocenters. The van der Waals surface area contributed by atoms with Crippen LogP contribution in [0.5, 0.6) is 0 Å². The molecule has 4 heterocycles. The van der Waals surface area contributed by atoms with Gasteiger partial charge in [-0.05, 0) is 43.5 Å². The number of nitrogens with zero attached hydrogens (tertiary/aromatic N) is 4. The number of aromatic amines is 1. The summed E-state index contributed by atoms with van der Waals surface area (Å²) in [7, 11) is 0. The molecule has 1 N–H and O–H groups in total. The molecule has 1 aliphatic carbocycles. The van der Waals surface area contributed by atoms with E-state index in [0.717, 1.165) is 5.69 Å². The Balaban J connectivity index is 1.36. The second kappa shape index (κ2) is 6.93. The van der Waals surface area contributed by atoms with Crippen molar-refractivity contribution in [1.82, 2.24) is 24.3 Å². The van der Waals surface area contributed by atoms with Crippen molar-refractivity contribution < 1.29 is 8.78 Å². The average Bonchev–Trinajstić information content (AvgIpc) is 3.55. The van der Waals surface area contributed by atoms with Crippen molar-refractivity contribution in [3.8, 4) is 11.1 Å². The summed E-state index contributed by atoms with van der Waals surface area (Å²) in [6, 6.07) is 7.17. The van der Waals surface area contributed by atoms with Crippen molar-refractivity contribution in [2.24, 2.45) is 0 Å². The average molecular weight is 435 g/mol. The largest absolute Gasteiger partial charge is 0.307 e.